The van der Waals surface area contributed by atoms with Crippen LogP contribution in [-0.2, 0) is 11.3 Å². The van der Waals surface area contributed by atoms with Gasteiger partial charge >= 0.3 is 0 Å². The molecule has 1 aromatic rings. The number of carbonyl (C=O) groups is 1. The van der Waals surface area contributed by atoms with Crippen molar-refractivity contribution in [3.05, 3.63) is 28.3 Å². The van der Waals surface area contributed by atoms with Crippen molar-refractivity contribution in [2.45, 2.75) is 6.54 Å². The number of carbonyl (C=O) groups excluding carboxylic acids is 1. The summed E-state index contributed by atoms with van der Waals surface area (Å²) in [5, 5.41) is 9.05. The van der Waals surface area contributed by atoms with E-state index >= 15 is 0 Å². The first kappa shape index (κ1) is 11.7. The SMILES string of the molecule is O=CN1CCN(Cc2cc(=O)c(O)co2)CC1. The summed E-state index contributed by atoms with van der Waals surface area (Å²) in [4.78, 5) is 25.5. The summed E-state index contributed by atoms with van der Waals surface area (Å²) in [6.07, 6.45) is 1.90. The number of rotatable bonds is 3. The fraction of sp³-hybridized carbons (Fsp3) is 0.455. The first-order valence-electron chi connectivity index (χ1n) is 5.41. The van der Waals surface area contributed by atoms with Gasteiger partial charge in [-0.05, 0) is 0 Å². The summed E-state index contributed by atoms with van der Waals surface area (Å²) >= 11 is 0. The predicted octanol–water partition coefficient (Wildman–Crippen LogP) is -0.381. The van der Waals surface area contributed by atoms with Gasteiger partial charge in [-0.25, -0.2) is 0 Å². The molecular formula is C11H14N2O4. The van der Waals surface area contributed by atoms with Crippen LogP contribution in [0.3, 0.4) is 0 Å². The van der Waals surface area contributed by atoms with Crippen LogP contribution in [0.5, 0.6) is 5.75 Å². The van der Waals surface area contributed by atoms with Gasteiger partial charge in [0.05, 0.1) is 6.54 Å². The summed E-state index contributed by atoms with van der Waals surface area (Å²) in [7, 11) is 0. The third-order valence-electron chi connectivity index (χ3n) is 2.80. The molecule has 0 radical (unpaired) electrons. The van der Waals surface area contributed by atoms with Gasteiger partial charge in [-0.1, -0.05) is 0 Å². The van der Waals surface area contributed by atoms with Gasteiger partial charge in [0, 0.05) is 32.2 Å². The second-order valence-electron chi connectivity index (χ2n) is 4.01. The number of piperazine rings is 1. The summed E-state index contributed by atoms with van der Waals surface area (Å²) in [6, 6.07) is 1.29. The maximum atomic E-state index is 11.2. The second kappa shape index (κ2) is 5.01. The first-order chi connectivity index (χ1) is 8.19. The Morgan fingerprint density at radius 2 is 2.06 bits per heavy atom. The maximum Gasteiger partial charge on any atom is 0.226 e. The van der Waals surface area contributed by atoms with Crippen LogP contribution in [0, 0.1) is 0 Å². The Balaban J connectivity index is 1.95. The molecule has 6 nitrogen and oxygen atoms in total. The van der Waals surface area contributed by atoms with E-state index in [-0.39, 0.29) is 5.75 Å². The molecule has 0 aliphatic carbocycles. The minimum absolute atomic E-state index is 0.375. The zero-order valence-electron chi connectivity index (χ0n) is 9.33. The Morgan fingerprint density at radius 3 is 2.65 bits per heavy atom. The zero-order chi connectivity index (χ0) is 12.3. The predicted molar refractivity (Wildman–Crippen MR) is 59.6 cm³/mol. The molecule has 0 saturated carbocycles. The van der Waals surface area contributed by atoms with Crippen LogP contribution >= 0.6 is 0 Å². The van der Waals surface area contributed by atoms with Gasteiger partial charge in [-0.3, -0.25) is 14.5 Å². The highest BCUT2D eigenvalue weighted by Gasteiger charge is 2.16. The molecule has 1 aromatic heterocycles. The van der Waals surface area contributed by atoms with Crippen molar-refractivity contribution in [1.29, 1.82) is 0 Å². The first-order valence-corrected chi connectivity index (χ1v) is 5.41. The number of aromatic hydroxyl groups is 1. The molecule has 1 saturated heterocycles. The molecule has 1 N–H and O–H groups in total. The van der Waals surface area contributed by atoms with Crippen LogP contribution in [0.25, 0.3) is 0 Å². The van der Waals surface area contributed by atoms with E-state index in [4.69, 9.17) is 9.52 Å². The van der Waals surface area contributed by atoms with Gasteiger partial charge < -0.3 is 14.4 Å². The summed E-state index contributed by atoms with van der Waals surface area (Å²) in [5.74, 6) is 0.145. The molecule has 17 heavy (non-hydrogen) atoms. The van der Waals surface area contributed by atoms with E-state index in [0.29, 0.717) is 25.4 Å². The summed E-state index contributed by atoms with van der Waals surface area (Å²) in [5.41, 5.74) is -0.433. The minimum atomic E-state index is -0.433. The number of hydrogen-bond acceptors (Lipinski definition) is 5. The molecule has 1 aliphatic heterocycles. The molecule has 0 spiro atoms. The molecule has 1 fully saturated rings. The lowest BCUT2D eigenvalue weighted by atomic mass is 10.3. The quantitative estimate of drug-likeness (QED) is 0.726. The van der Waals surface area contributed by atoms with Crippen LogP contribution in [-0.4, -0.2) is 47.5 Å². The van der Waals surface area contributed by atoms with Crippen molar-refractivity contribution in [3.63, 3.8) is 0 Å². The average Bonchev–Trinajstić information content (AvgIpc) is 2.35. The monoisotopic (exact) mass is 238 g/mol. The fourth-order valence-electron chi connectivity index (χ4n) is 1.77. The van der Waals surface area contributed by atoms with Gasteiger partial charge in [-0.15, -0.1) is 0 Å². The van der Waals surface area contributed by atoms with Crippen LogP contribution in [0.2, 0.25) is 0 Å². The molecule has 0 bridgehead atoms. The standard InChI is InChI=1S/C11H14N2O4/c14-8-13-3-1-12(2-4-13)6-9-5-10(15)11(16)7-17-9/h5,7-8,16H,1-4,6H2. The van der Waals surface area contributed by atoms with Gasteiger partial charge in [0.15, 0.2) is 5.75 Å². The van der Waals surface area contributed by atoms with Crippen molar-refractivity contribution < 1.29 is 14.3 Å². The Morgan fingerprint density at radius 1 is 1.35 bits per heavy atom. The molecule has 0 aromatic carbocycles. The van der Waals surface area contributed by atoms with Crippen molar-refractivity contribution in [3.8, 4) is 5.75 Å². The number of hydrogen-bond donors (Lipinski definition) is 1. The van der Waals surface area contributed by atoms with Crippen molar-refractivity contribution in [2.24, 2.45) is 0 Å². The van der Waals surface area contributed by atoms with E-state index < -0.39 is 5.43 Å². The topological polar surface area (TPSA) is 74.0 Å². The van der Waals surface area contributed by atoms with E-state index in [1.54, 1.807) is 4.90 Å². The molecule has 1 amide bonds. The van der Waals surface area contributed by atoms with Gasteiger partial charge in [0.2, 0.25) is 11.8 Å². The van der Waals surface area contributed by atoms with Crippen LogP contribution in [0.1, 0.15) is 5.76 Å². The molecule has 1 aliphatic rings. The summed E-state index contributed by atoms with van der Waals surface area (Å²) < 4.78 is 5.12. The molecular weight excluding hydrogens is 224 g/mol. The molecule has 2 heterocycles. The van der Waals surface area contributed by atoms with E-state index in [9.17, 15) is 9.59 Å². The smallest absolute Gasteiger partial charge is 0.226 e. The molecule has 6 heteroatoms. The van der Waals surface area contributed by atoms with Crippen LogP contribution in [0.15, 0.2) is 21.5 Å². The highest BCUT2D eigenvalue weighted by molar-refractivity contribution is 5.47. The molecule has 0 atom stereocenters. The third kappa shape index (κ3) is 2.85. The lowest BCUT2D eigenvalue weighted by Gasteiger charge is -2.31. The van der Waals surface area contributed by atoms with Crippen molar-refractivity contribution in [1.82, 2.24) is 9.80 Å². The van der Waals surface area contributed by atoms with E-state index in [1.807, 2.05) is 0 Å². The van der Waals surface area contributed by atoms with E-state index in [1.165, 1.54) is 6.07 Å². The van der Waals surface area contributed by atoms with Gasteiger partial charge in [0.25, 0.3) is 0 Å². The Hall–Kier alpha value is -1.82. The lowest BCUT2D eigenvalue weighted by Crippen LogP contribution is -2.45. The normalized spacial score (nSPS) is 17.1. The largest absolute Gasteiger partial charge is 0.502 e. The van der Waals surface area contributed by atoms with Gasteiger partial charge in [-0.2, -0.15) is 0 Å². The Kier molecular flexibility index (Phi) is 3.43. The minimum Gasteiger partial charge on any atom is -0.502 e. The molecule has 2 rings (SSSR count). The van der Waals surface area contributed by atoms with E-state index in [0.717, 1.165) is 25.8 Å². The lowest BCUT2D eigenvalue weighted by molar-refractivity contribution is -0.119. The molecule has 92 valence electrons. The van der Waals surface area contributed by atoms with Crippen LogP contribution < -0.4 is 5.43 Å². The number of nitrogens with zero attached hydrogens (tertiary/aromatic N) is 2. The maximum absolute atomic E-state index is 11.2. The Bertz CT molecular complexity index is 449. The fourth-order valence-corrected chi connectivity index (χ4v) is 1.77. The van der Waals surface area contributed by atoms with Crippen LogP contribution in [0.4, 0.5) is 0 Å². The van der Waals surface area contributed by atoms with E-state index in [2.05, 4.69) is 4.90 Å². The third-order valence-corrected chi connectivity index (χ3v) is 2.80. The van der Waals surface area contributed by atoms with Gasteiger partial charge in [0.1, 0.15) is 12.0 Å². The number of amides is 1. The molecule has 0 unspecified atom stereocenters. The second-order valence-corrected chi connectivity index (χ2v) is 4.01. The van der Waals surface area contributed by atoms with Crippen molar-refractivity contribution in [2.75, 3.05) is 26.2 Å². The average molecular weight is 238 g/mol. The highest BCUT2D eigenvalue weighted by Crippen LogP contribution is 2.08. The zero-order valence-corrected chi connectivity index (χ0v) is 9.33. The summed E-state index contributed by atoms with van der Waals surface area (Å²) in [6.45, 7) is 3.40. The Labute approximate surface area is 98.1 Å². The van der Waals surface area contributed by atoms with Crippen molar-refractivity contribution >= 4 is 6.41 Å². The highest BCUT2D eigenvalue weighted by atomic mass is 16.4.